The lowest BCUT2D eigenvalue weighted by atomic mass is 9.75. The molecule has 1 heterocycles. The smallest absolute Gasteiger partial charge is 0.146 e. The molecule has 118 valence electrons. The third kappa shape index (κ3) is 3.39. The second-order valence-corrected chi connectivity index (χ2v) is 6.95. The minimum atomic E-state index is -0.313. The predicted molar refractivity (Wildman–Crippen MR) is 88.2 cm³/mol. The molecule has 1 aromatic heterocycles. The van der Waals surface area contributed by atoms with E-state index in [4.69, 9.17) is 5.73 Å². The molecule has 0 amide bonds. The Morgan fingerprint density at radius 1 is 1.33 bits per heavy atom. The van der Waals surface area contributed by atoms with Gasteiger partial charge in [-0.05, 0) is 42.6 Å². The van der Waals surface area contributed by atoms with E-state index in [0.717, 1.165) is 48.1 Å². The summed E-state index contributed by atoms with van der Waals surface area (Å²) >= 11 is 3.58. The van der Waals surface area contributed by atoms with Crippen LogP contribution < -0.4 is 5.73 Å². The first-order chi connectivity index (χ1) is 10.0. The number of nitrogens with two attached hydrogens (primary N) is 1. The number of carbonyl (C=O) groups excluding carboxylic acids is 1. The Hall–Kier alpha value is -0.680. The van der Waals surface area contributed by atoms with Crippen LogP contribution in [0, 0.1) is 12.3 Å². The van der Waals surface area contributed by atoms with Crippen molar-refractivity contribution < 1.29 is 4.79 Å². The summed E-state index contributed by atoms with van der Waals surface area (Å²) in [5.41, 5.74) is 7.65. The van der Waals surface area contributed by atoms with Crippen LogP contribution in [0.5, 0.6) is 0 Å². The van der Waals surface area contributed by atoms with Gasteiger partial charge in [0.2, 0.25) is 0 Å². The average Bonchev–Trinajstić information content (AvgIpc) is 2.69. The van der Waals surface area contributed by atoms with Crippen molar-refractivity contribution in [2.45, 2.75) is 65.3 Å². The van der Waals surface area contributed by atoms with Crippen LogP contribution in [-0.2, 0) is 17.8 Å². The van der Waals surface area contributed by atoms with Crippen molar-refractivity contribution in [1.29, 1.82) is 0 Å². The SMILES string of the molecule is CCn1nc(C)c(Br)c1CC(=O)C1(CN)CCCCCC1. The van der Waals surface area contributed by atoms with Gasteiger partial charge in [0.05, 0.1) is 22.3 Å². The van der Waals surface area contributed by atoms with E-state index < -0.39 is 0 Å². The minimum Gasteiger partial charge on any atom is -0.329 e. The number of aryl methyl sites for hydroxylation is 2. The summed E-state index contributed by atoms with van der Waals surface area (Å²) in [6.45, 7) is 5.28. The lowest BCUT2D eigenvalue weighted by molar-refractivity contribution is -0.128. The average molecular weight is 356 g/mol. The molecule has 0 atom stereocenters. The predicted octanol–water partition coefficient (Wildman–Crippen LogP) is 3.38. The molecule has 2 N–H and O–H groups in total. The summed E-state index contributed by atoms with van der Waals surface area (Å²) in [7, 11) is 0. The molecule has 0 bridgehead atoms. The first-order valence-electron chi connectivity index (χ1n) is 7.99. The van der Waals surface area contributed by atoms with Crippen LogP contribution in [0.3, 0.4) is 0 Å². The Labute approximate surface area is 135 Å². The standard InChI is InChI=1S/C16H26BrN3O/c1-3-20-13(15(17)12(2)19-20)10-14(21)16(11-18)8-6-4-5-7-9-16/h3-11,18H2,1-2H3. The Balaban J connectivity index is 2.23. The molecule has 1 aromatic rings. The lowest BCUT2D eigenvalue weighted by Crippen LogP contribution is -2.39. The highest BCUT2D eigenvalue weighted by molar-refractivity contribution is 9.10. The van der Waals surface area contributed by atoms with E-state index in [1.165, 1.54) is 12.8 Å². The molecular weight excluding hydrogens is 330 g/mol. The molecule has 1 aliphatic carbocycles. The maximum absolute atomic E-state index is 13.0. The van der Waals surface area contributed by atoms with Crippen LogP contribution >= 0.6 is 15.9 Å². The maximum atomic E-state index is 13.0. The number of rotatable bonds is 5. The molecular formula is C16H26BrN3O. The number of Topliss-reactive ketones (excluding diaryl/α,β-unsaturated/α-hetero) is 1. The van der Waals surface area contributed by atoms with Crippen LogP contribution in [-0.4, -0.2) is 22.1 Å². The third-order valence-corrected chi connectivity index (χ3v) is 5.86. The molecule has 0 unspecified atom stereocenters. The van der Waals surface area contributed by atoms with Crippen LogP contribution in [0.4, 0.5) is 0 Å². The topological polar surface area (TPSA) is 60.9 Å². The van der Waals surface area contributed by atoms with Crippen LogP contribution in [0.25, 0.3) is 0 Å². The highest BCUT2D eigenvalue weighted by atomic mass is 79.9. The number of carbonyl (C=O) groups is 1. The van der Waals surface area contributed by atoms with Gasteiger partial charge in [0.25, 0.3) is 0 Å². The minimum absolute atomic E-state index is 0.294. The molecule has 4 nitrogen and oxygen atoms in total. The van der Waals surface area contributed by atoms with Crippen molar-refractivity contribution in [3.05, 3.63) is 15.9 Å². The van der Waals surface area contributed by atoms with Gasteiger partial charge in [-0.25, -0.2) is 0 Å². The van der Waals surface area contributed by atoms with Crippen molar-refractivity contribution in [3.8, 4) is 0 Å². The van der Waals surface area contributed by atoms with Gasteiger partial charge < -0.3 is 5.73 Å². The van der Waals surface area contributed by atoms with Crippen LogP contribution in [0.1, 0.15) is 56.8 Å². The summed E-state index contributed by atoms with van der Waals surface area (Å²) in [4.78, 5) is 13.0. The molecule has 0 spiro atoms. The van der Waals surface area contributed by atoms with Gasteiger partial charge in [0.15, 0.2) is 0 Å². The zero-order chi connectivity index (χ0) is 15.5. The molecule has 0 aliphatic heterocycles. The largest absolute Gasteiger partial charge is 0.329 e. The molecule has 1 saturated carbocycles. The number of hydrogen-bond acceptors (Lipinski definition) is 3. The van der Waals surface area contributed by atoms with Gasteiger partial charge in [0, 0.05) is 18.5 Å². The van der Waals surface area contributed by atoms with E-state index in [0.29, 0.717) is 18.7 Å². The monoisotopic (exact) mass is 355 g/mol. The van der Waals surface area contributed by atoms with E-state index in [1.54, 1.807) is 0 Å². The van der Waals surface area contributed by atoms with Gasteiger partial charge in [-0.15, -0.1) is 0 Å². The summed E-state index contributed by atoms with van der Waals surface area (Å²) in [5.74, 6) is 0.294. The number of hydrogen-bond donors (Lipinski definition) is 1. The highest BCUT2D eigenvalue weighted by Gasteiger charge is 2.37. The van der Waals surface area contributed by atoms with Crippen molar-refractivity contribution in [3.63, 3.8) is 0 Å². The molecule has 5 heteroatoms. The molecule has 1 aliphatic rings. The Kier molecular flexibility index (Phi) is 5.60. The Morgan fingerprint density at radius 2 is 1.95 bits per heavy atom. The normalized spacial score (nSPS) is 18.5. The van der Waals surface area contributed by atoms with Crippen LogP contribution in [0.15, 0.2) is 4.47 Å². The highest BCUT2D eigenvalue weighted by Crippen LogP contribution is 2.36. The fourth-order valence-corrected chi connectivity index (χ4v) is 3.80. The summed E-state index contributed by atoms with van der Waals surface area (Å²) in [6.07, 6.45) is 7.02. The first kappa shape index (κ1) is 16.7. The Morgan fingerprint density at radius 3 is 2.48 bits per heavy atom. The van der Waals surface area contributed by atoms with Crippen molar-refractivity contribution in [2.24, 2.45) is 11.1 Å². The second-order valence-electron chi connectivity index (χ2n) is 6.16. The number of halogens is 1. The molecule has 2 rings (SSSR count). The molecule has 0 saturated heterocycles. The van der Waals surface area contributed by atoms with E-state index in [-0.39, 0.29) is 5.41 Å². The fourth-order valence-electron chi connectivity index (χ4n) is 3.38. The van der Waals surface area contributed by atoms with E-state index in [1.807, 2.05) is 11.6 Å². The summed E-state index contributed by atoms with van der Waals surface area (Å²) in [6, 6.07) is 0. The van der Waals surface area contributed by atoms with Gasteiger partial charge in [-0.2, -0.15) is 5.10 Å². The number of aromatic nitrogens is 2. The second kappa shape index (κ2) is 7.05. The van der Waals surface area contributed by atoms with E-state index >= 15 is 0 Å². The van der Waals surface area contributed by atoms with Crippen molar-refractivity contribution in [1.82, 2.24) is 9.78 Å². The summed E-state index contributed by atoms with van der Waals surface area (Å²) in [5, 5.41) is 4.48. The van der Waals surface area contributed by atoms with E-state index in [2.05, 4.69) is 28.0 Å². The van der Waals surface area contributed by atoms with Crippen molar-refractivity contribution >= 4 is 21.7 Å². The van der Waals surface area contributed by atoms with Gasteiger partial charge in [-0.3, -0.25) is 9.48 Å². The fraction of sp³-hybridized carbons (Fsp3) is 0.750. The zero-order valence-electron chi connectivity index (χ0n) is 13.1. The maximum Gasteiger partial charge on any atom is 0.146 e. The number of nitrogens with zero attached hydrogens (tertiary/aromatic N) is 2. The Bertz CT molecular complexity index is 502. The van der Waals surface area contributed by atoms with Crippen LogP contribution in [0.2, 0.25) is 0 Å². The van der Waals surface area contributed by atoms with Gasteiger partial charge >= 0.3 is 0 Å². The molecule has 0 radical (unpaired) electrons. The lowest BCUT2D eigenvalue weighted by Gasteiger charge is -2.29. The van der Waals surface area contributed by atoms with Crippen molar-refractivity contribution in [2.75, 3.05) is 6.54 Å². The van der Waals surface area contributed by atoms with Gasteiger partial charge in [0.1, 0.15) is 5.78 Å². The zero-order valence-corrected chi connectivity index (χ0v) is 14.7. The summed E-state index contributed by atoms with van der Waals surface area (Å²) < 4.78 is 2.90. The molecule has 0 aromatic carbocycles. The molecule has 1 fully saturated rings. The van der Waals surface area contributed by atoms with Gasteiger partial charge in [-0.1, -0.05) is 25.7 Å². The van der Waals surface area contributed by atoms with E-state index in [9.17, 15) is 4.79 Å². The first-order valence-corrected chi connectivity index (χ1v) is 8.78. The quantitative estimate of drug-likeness (QED) is 0.823. The molecule has 21 heavy (non-hydrogen) atoms. The number of ketones is 1. The third-order valence-electron chi connectivity index (χ3n) is 4.82.